The molecule has 264 valence electrons. The maximum absolute atomic E-state index is 13.7. The number of anilines is 1. The number of benzene rings is 3. The number of rotatable bonds is 13. The zero-order chi connectivity index (χ0) is 36.7. The molecule has 0 saturated heterocycles. The van der Waals surface area contributed by atoms with Crippen molar-refractivity contribution < 1.29 is 18.7 Å². The van der Waals surface area contributed by atoms with Crippen LogP contribution in [0.5, 0.6) is 5.88 Å². The molecule has 52 heavy (non-hydrogen) atoms. The summed E-state index contributed by atoms with van der Waals surface area (Å²) in [6.45, 7) is 8.92. The normalized spacial score (nSPS) is 12.3. The summed E-state index contributed by atoms with van der Waals surface area (Å²) < 4.78 is 21.0. The Hall–Kier alpha value is -5.45. The Kier molecular flexibility index (Phi) is 11.1. The fourth-order valence-corrected chi connectivity index (χ4v) is 10.8. The molecule has 0 aliphatic carbocycles. The number of pyridine rings is 1. The Labute approximate surface area is 308 Å². The largest absolute Gasteiger partial charge is 0.461 e. The van der Waals surface area contributed by atoms with Crippen molar-refractivity contribution in [3.05, 3.63) is 126 Å². The van der Waals surface area contributed by atoms with Crippen LogP contribution in [0.25, 0.3) is 16.7 Å². The maximum Gasteiger partial charge on any atom is 0.269 e. The van der Waals surface area contributed by atoms with Crippen LogP contribution in [0.2, 0.25) is 10.1 Å². The van der Waals surface area contributed by atoms with Crippen LogP contribution in [0.15, 0.2) is 110 Å². The zero-order valence-electron chi connectivity index (χ0n) is 29.3. The van der Waals surface area contributed by atoms with Crippen molar-refractivity contribution >= 4 is 53.1 Å². The molecule has 0 aliphatic rings. The molecular formula is C39H38ClN7O4Si. The van der Waals surface area contributed by atoms with E-state index in [9.17, 15) is 10.1 Å². The smallest absolute Gasteiger partial charge is 0.269 e. The number of carbonyl (C=O) groups excluding carboxylic acids is 1. The lowest BCUT2D eigenvalue weighted by Gasteiger charge is -2.43. The van der Waals surface area contributed by atoms with E-state index in [0.29, 0.717) is 33.1 Å². The third-order valence-electron chi connectivity index (χ3n) is 8.65. The second kappa shape index (κ2) is 15.8. The third kappa shape index (κ3) is 7.73. The van der Waals surface area contributed by atoms with E-state index in [0.717, 1.165) is 15.9 Å². The number of fused-ring (bicyclic) bond motifs is 1. The van der Waals surface area contributed by atoms with Gasteiger partial charge in [0.2, 0.25) is 12.0 Å². The summed E-state index contributed by atoms with van der Waals surface area (Å²) in [5.41, 5.74) is 2.51. The molecule has 1 amide bonds. The molecule has 6 aromatic rings. The summed E-state index contributed by atoms with van der Waals surface area (Å²) in [6, 6.07) is 31.4. The van der Waals surface area contributed by atoms with Gasteiger partial charge in [-0.1, -0.05) is 99.1 Å². The molecule has 0 unspecified atom stereocenters. The van der Waals surface area contributed by atoms with Crippen LogP contribution >= 0.6 is 11.6 Å². The molecule has 0 radical (unpaired) electrons. The molecule has 0 bridgehead atoms. The average molecular weight is 732 g/mol. The van der Waals surface area contributed by atoms with E-state index in [1.807, 2.05) is 49.4 Å². The summed E-state index contributed by atoms with van der Waals surface area (Å²) in [5.74, 6) is -0.0623. The van der Waals surface area contributed by atoms with Gasteiger partial charge in [0, 0.05) is 6.20 Å². The Morgan fingerprint density at radius 1 is 0.942 bits per heavy atom. The lowest BCUT2D eigenvalue weighted by atomic mass is 10.1. The van der Waals surface area contributed by atoms with Crippen LogP contribution in [0.4, 0.5) is 5.82 Å². The molecule has 0 fully saturated rings. The van der Waals surface area contributed by atoms with Gasteiger partial charge in [0.05, 0.1) is 48.4 Å². The van der Waals surface area contributed by atoms with Gasteiger partial charge in [-0.05, 0) is 52.2 Å². The molecule has 1 atom stereocenters. The first-order chi connectivity index (χ1) is 25.1. The number of halogens is 1. The van der Waals surface area contributed by atoms with Gasteiger partial charge in [0.1, 0.15) is 17.5 Å². The minimum Gasteiger partial charge on any atom is -0.461 e. The third-order valence-corrected chi connectivity index (χ3v) is 13.9. The number of hydrogen-bond acceptors (Lipinski definition) is 9. The first kappa shape index (κ1) is 36.3. The maximum atomic E-state index is 13.7. The second-order valence-corrected chi connectivity index (χ2v) is 17.9. The molecule has 3 aromatic carbocycles. The SMILES string of the molecule is Cc1ccc(C#N)cc1-n1ncc2c(O[C@@H](COCCO[Si](c3ccccc3)(c3ccccc3)C(C)(C)C)C(=O)Nc3ccc(Cl)cn3)ncnc21. The first-order valence-electron chi connectivity index (χ1n) is 16.7. The van der Waals surface area contributed by atoms with E-state index in [4.69, 9.17) is 25.5 Å². The molecule has 13 heteroatoms. The zero-order valence-corrected chi connectivity index (χ0v) is 31.0. The van der Waals surface area contributed by atoms with Crippen LogP contribution in [-0.2, 0) is 14.0 Å². The fourth-order valence-electron chi connectivity index (χ4n) is 6.16. The van der Waals surface area contributed by atoms with Crippen molar-refractivity contribution in [2.24, 2.45) is 0 Å². The highest BCUT2D eigenvalue weighted by Crippen LogP contribution is 2.36. The van der Waals surface area contributed by atoms with Crippen molar-refractivity contribution in [3.8, 4) is 17.6 Å². The number of aromatic nitrogens is 5. The van der Waals surface area contributed by atoms with Crippen molar-refractivity contribution in [2.45, 2.75) is 38.8 Å². The van der Waals surface area contributed by atoms with E-state index < -0.39 is 20.3 Å². The van der Waals surface area contributed by atoms with E-state index in [-0.39, 0.29) is 30.7 Å². The Morgan fingerprint density at radius 3 is 2.29 bits per heavy atom. The molecule has 3 aromatic heterocycles. The summed E-state index contributed by atoms with van der Waals surface area (Å²) in [7, 11) is -2.79. The van der Waals surface area contributed by atoms with Crippen LogP contribution in [0.1, 0.15) is 31.9 Å². The number of aryl methyl sites for hydroxylation is 1. The highest BCUT2D eigenvalue weighted by molar-refractivity contribution is 6.99. The van der Waals surface area contributed by atoms with E-state index in [1.165, 1.54) is 12.5 Å². The topological polar surface area (TPSA) is 137 Å². The Balaban J connectivity index is 1.24. The molecule has 11 nitrogen and oxygen atoms in total. The minimum atomic E-state index is -2.79. The van der Waals surface area contributed by atoms with Gasteiger partial charge in [-0.15, -0.1) is 0 Å². The van der Waals surface area contributed by atoms with Gasteiger partial charge >= 0.3 is 0 Å². The van der Waals surface area contributed by atoms with E-state index in [2.05, 4.69) is 76.5 Å². The quantitative estimate of drug-likeness (QED) is 0.112. The number of carbonyl (C=O) groups is 1. The highest BCUT2D eigenvalue weighted by Gasteiger charge is 2.50. The van der Waals surface area contributed by atoms with Gasteiger partial charge in [-0.2, -0.15) is 10.4 Å². The van der Waals surface area contributed by atoms with Crippen LogP contribution in [0, 0.1) is 18.3 Å². The standard InChI is InChI=1S/C39H38ClN7O4Si/c1-27-15-16-28(22-41)21-33(27)47-36-32(24-45-47)38(44-26-43-36)51-34(37(48)46-35-18-17-29(40)23-42-35)25-49-19-20-50-52(39(2,3)4,30-11-7-5-8-12-30)31-13-9-6-10-14-31/h5-18,21,23-24,26,34H,19-20,25H2,1-4H3,(H,42,46,48)/t34-/m0/s1. The molecule has 3 heterocycles. The Morgan fingerprint density at radius 2 is 1.65 bits per heavy atom. The predicted octanol–water partition coefficient (Wildman–Crippen LogP) is 6.02. The number of ether oxygens (including phenoxy) is 2. The van der Waals surface area contributed by atoms with E-state index >= 15 is 0 Å². The monoisotopic (exact) mass is 731 g/mol. The molecule has 1 N–H and O–H groups in total. The van der Waals surface area contributed by atoms with Gasteiger partial charge in [-0.25, -0.2) is 19.6 Å². The molecule has 6 rings (SSSR count). The lowest BCUT2D eigenvalue weighted by molar-refractivity contribution is -0.125. The van der Waals surface area contributed by atoms with Gasteiger partial charge in [0.25, 0.3) is 14.2 Å². The average Bonchev–Trinajstić information content (AvgIpc) is 3.59. The van der Waals surface area contributed by atoms with Crippen molar-refractivity contribution in [1.82, 2.24) is 24.7 Å². The van der Waals surface area contributed by atoms with Crippen LogP contribution in [0.3, 0.4) is 0 Å². The highest BCUT2D eigenvalue weighted by atomic mass is 35.5. The van der Waals surface area contributed by atoms with E-state index in [1.54, 1.807) is 35.1 Å². The Bertz CT molecular complexity index is 2150. The molecule has 0 saturated carbocycles. The van der Waals surface area contributed by atoms with Gasteiger partial charge < -0.3 is 19.2 Å². The van der Waals surface area contributed by atoms with Crippen LogP contribution < -0.4 is 20.4 Å². The number of nitriles is 1. The number of hydrogen-bond donors (Lipinski definition) is 1. The summed E-state index contributed by atoms with van der Waals surface area (Å²) >= 11 is 6.02. The second-order valence-electron chi connectivity index (χ2n) is 13.1. The molecule has 0 aliphatic heterocycles. The van der Waals surface area contributed by atoms with Crippen molar-refractivity contribution in [1.29, 1.82) is 5.26 Å². The fraction of sp³-hybridized carbons (Fsp3) is 0.231. The lowest BCUT2D eigenvalue weighted by Crippen LogP contribution is -2.66. The molecule has 0 spiro atoms. The summed E-state index contributed by atoms with van der Waals surface area (Å²) in [5, 5.41) is 19.8. The van der Waals surface area contributed by atoms with Crippen molar-refractivity contribution in [2.75, 3.05) is 25.1 Å². The molecular weight excluding hydrogens is 694 g/mol. The van der Waals surface area contributed by atoms with Crippen LogP contribution in [-0.4, -0.2) is 64.9 Å². The number of amides is 1. The van der Waals surface area contributed by atoms with Crippen molar-refractivity contribution in [3.63, 3.8) is 0 Å². The van der Waals surface area contributed by atoms with Gasteiger partial charge in [0.15, 0.2) is 5.65 Å². The number of nitrogens with zero attached hydrogens (tertiary/aromatic N) is 6. The minimum absolute atomic E-state index is 0.119. The number of nitrogens with one attached hydrogen (secondary N) is 1. The summed E-state index contributed by atoms with van der Waals surface area (Å²) in [4.78, 5) is 26.7. The van der Waals surface area contributed by atoms with Gasteiger partial charge in [-0.3, -0.25) is 4.79 Å². The predicted molar refractivity (Wildman–Crippen MR) is 203 cm³/mol. The summed E-state index contributed by atoms with van der Waals surface area (Å²) in [6.07, 6.45) is 3.21. The first-order valence-corrected chi connectivity index (χ1v) is 19.0.